The number of rotatable bonds is 0. The van der Waals surface area contributed by atoms with Crippen LogP contribution in [0.5, 0.6) is 0 Å². The van der Waals surface area contributed by atoms with Crippen LogP contribution in [0.4, 0.5) is 0 Å². The van der Waals surface area contributed by atoms with Gasteiger partial charge in [-0.2, -0.15) is 0 Å². The molecule has 1 saturated heterocycles. The highest BCUT2D eigenvalue weighted by atomic mass is 17.5. The Hall–Kier alpha value is -0.120. The molecule has 0 aliphatic carbocycles. The predicted molar refractivity (Wildman–Crippen MR) is 22.2 cm³/mol. The molecule has 1 aliphatic rings. The molecular formula is C4H8O3. The van der Waals surface area contributed by atoms with Crippen LogP contribution in [0.15, 0.2) is 0 Å². The fourth-order valence-corrected chi connectivity index (χ4v) is 0.370. The van der Waals surface area contributed by atoms with Gasteiger partial charge in [0, 0.05) is 5.92 Å². The van der Waals surface area contributed by atoms with E-state index in [-0.39, 0.29) is 0 Å². The molecule has 42 valence electrons. The summed E-state index contributed by atoms with van der Waals surface area (Å²) in [6.07, 6.45) is 0. The van der Waals surface area contributed by atoms with Crippen molar-refractivity contribution in [1.82, 2.24) is 0 Å². The molecule has 1 heterocycles. The topological polar surface area (TPSA) is 27.7 Å². The van der Waals surface area contributed by atoms with Crippen LogP contribution in [-0.2, 0) is 14.8 Å². The third-order valence-electron chi connectivity index (χ3n) is 0.801. The average Bonchev–Trinajstić information content (AvgIpc) is 1.69. The first-order valence-electron chi connectivity index (χ1n) is 2.30. The molecule has 0 atom stereocenters. The van der Waals surface area contributed by atoms with Gasteiger partial charge in [-0.25, -0.2) is 9.78 Å². The molecule has 1 fully saturated rings. The fraction of sp³-hybridized carbons (Fsp3) is 1.00. The van der Waals surface area contributed by atoms with Crippen molar-refractivity contribution in [3.05, 3.63) is 0 Å². The smallest absolute Gasteiger partial charge is 0.0902 e. The summed E-state index contributed by atoms with van der Waals surface area (Å²) in [6.45, 7) is 3.31. The van der Waals surface area contributed by atoms with E-state index in [1.165, 1.54) is 0 Å². The lowest BCUT2D eigenvalue weighted by atomic mass is 10.2. The molecule has 3 nitrogen and oxygen atoms in total. The maximum absolute atomic E-state index is 4.46. The SMILES string of the molecule is CC1COOOC1. The lowest BCUT2D eigenvalue weighted by molar-refractivity contribution is -0.539. The van der Waals surface area contributed by atoms with Gasteiger partial charge < -0.3 is 0 Å². The van der Waals surface area contributed by atoms with Crippen LogP contribution in [0.3, 0.4) is 0 Å². The third-order valence-corrected chi connectivity index (χ3v) is 0.801. The second kappa shape index (κ2) is 2.26. The third kappa shape index (κ3) is 1.43. The summed E-state index contributed by atoms with van der Waals surface area (Å²) in [5.41, 5.74) is 0. The molecule has 3 heteroatoms. The van der Waals surface area contributed by atoms with Crippen molar-refractivity contribution in [2.45, 2.75) is 6.92 Å². The molecule has 1 aliphatic heterocycles. The normalized spacial score (nSPS) is 25.3. The summed E-state index contributed by atoms with van der Waals surface area (Å²) in [6, 6.07) is 0. The molecule has 0 spiro atoms. The molecule has 0 N–H and O–H groups in total. The summed E-state index contributed by atoms with van der Waals surface area (Å²) in [5, 5.41) is 4.14. The highest BCUT2D eigenvalue weighted by Gasteiger charge is 2.08. The van der Waals surface area contributed by atoms with Crippen LogP contribution in [0, 0.1) is 5.92 Å². The van der Waals surface area contributed by atoms with E-state index in [4.69, 9.17) is 0 Å². The van der Waals surface area contributed by atoms with E-state index in [1.54, 1.807) is 0 Å². The van der Waals surface area contributed by atoms with E-state index in [0.29, 0.717) is 19.1 Å². The molecule has 0 aromatic heterocycles. The van der Waals surface area contributed by atoms with Crippen molar-refractivity contribution in [2.24, 2.45) is 5.92 Å². The van der Waals surface area contributed by atoms with E-state index in [1.807, 2.05) is 6.92 Å². The minimum Gasteiger partial charge on any atom is -0.206 e. The van der Waals surface area contributed by atoms with E-state index in [9.17, 15) is 0 Å². The molecule has 0 radical (unpaired) electrons. The Balaban J connectivity index is 2.12. The van der Waals surface area contributed by atoms with Gasteiger partial charge in [-0.15, -0.1) is 0 Å². The van der Waals surface area contributed by atoms with Gasteiger partial charge in [0.05, 0.1) is 13.2 Å². The van der Waals surface area contributed by atoms with Crippen LogP contribution in [0.25, 0.3) is 0 Å². The van der Waals surface area contributed by atoms with Crippen molar-refractivity contribution in [3.8, 4) is 0 Å². The van der Waals surface area contributed by atoms with Crippen LogP contribution in [-0.4, -0.2) is 13.2 Å². The van der Waals surface area contributed by atoms with Crippen molar-refractivity contribution < 1.29 is 14.8 Å². The lowest BCUT2D eigenvalue weighted by Gasteiger charge is -2.14. The van der Waals surface area contributed by atoms with E-state index in [0.717, 1.165) is 0 Å². The first-order valence-corrected chi connectivity index (χ1v) is 2.30. The fourth-order valence-electron chi connectivity index (χ4n) is 0.370. The summed E-state index contributed by atoms with van der Waals surface area (Å²) in [7, 11) is 0. The average molecular weight is 104 g/mol. The maximum atomic E-state index is 4.46. The molecule has 0 unspecified atom stereocenters. The van der Waals surface area contributed by atoms with Crippen LogP contribution >= 0.6 is 0 Å². The summed E-state index contributed by atoms with van der Waals surface area (Å²) in [5.74, 6) is 0.466. The van der Waals surface area contributed by atoms with Gasteiger partial charge in [-0.1, -0.05) is 12.0 Å². The molecule has 0 saturated carbocycles. The quantitative estimate of drug-likeness (QED) is 0.419. The Labute approximate surface area is 42.0 Å². The minimum atomic E-state index is 0.466. The van der Waals surface area contributed by atoms with Crippen molar-refractivity contribution >= 4 is 0 Å². The molecule has 0 bridgehead atoms. The van der Waals surface area contributed by atoms with Gasteiger partial charge in [0.2, 0.25) is 0 Å². The molecule has 7 heavy (non-hydrogen) atoms. The van der Waals surface area contributed by atoms with E-state index < -0.39 is 0 Å². The van der Waals surface area contributed by atoms with Gasteiger partial charge in [-0.3, -0.25) is 0 Å². The lowest BCUT2D eigenvalue weighted by Crippen LogP contribution is -2.19. The van der Waals surface area contributed by atoms with Gasteiger partial charge in [0.25, 0.3) is 0 Å². The first-order chi connectivity index (χ1) is 3.39. The van der Waals surface area contributed by atoms with E-state index >= 15 is 0 Å². The summed E-state index contributed by atoms with van der Waals surface area (Å²) < 4.78 is 0. The van der Waals surface area contributed by atoms with Crippen LogP contribution < -0.4 is 0 Å². The van der Waals surface area contributed by atoms with Gasteiger partial charge in [0.1, 0.15) is 0 Å². The molecule has 0 aromatic rings. The number of hydrogen-bond acceptors (Lipinski definition) is 3. The molecular weight excluding hydrogens is 96.0 g/mol. The monoisotopic (exact) mass is 104 g/mol. The van der Waals surface area contributed by atoms with Crippen molar-refractivity contribution in [3.63, 3.8) is 0 Å². The zero-order valence-electron chi connectivity index (χ0n) is 4.22. The highest BCUT2D eigenvalue weighted by Crippen LogP contribution is 2.03. The zero-order valence-corrected chi connectivity index (χ0v) is 4.22. The number of hydrogen-bond donors (Lipinski definition) is 0. The Morgan fingerprint density at radius 1 is 1.29 bits per heavy atom. The van der Waals surface area contributed by atoms with Crippen LogP contribution in [0.1, 0.15) is 6.92 Å². The Morgan fingerprint density at radius 3 is 2.14 bits per heavy atom. The Bertz CT molecular complexity index is 48.9. The zero-order chi connectivity index (χ0) is 5.11. The molecule has 0 aromatic carbocycles. The maximum Gasteiger partial charge on any atom is 0.0902 e. The van der Waals surface area contributed by atoms with E-state index in [2.05, 4.69) is 14.8 Å². The standard InChI is InChI=1S/C4H8O3/c1-4-2-5-7-6-3-4/h4H,2-3H2,1H3. The Morgan fingerprint density at radius 2 is 1.86 bits per heavy atom. The molecule has 1 rings (SSSR count). The van der Waals surface area contributed by atoms with Crippen molar-refractivity contribution in [2.75, 3.05) is 13.2 Å². The second-order valence-electron chi connectivity index (χ2n) is 1.74. The summed E-state index contributed by atoms with van der Waals surface area (Å²) >= 11 is 0. The predicted octanol–water partition coefficient (Wildman–Crippen LogP) is 0.516. The Kier molecular flexibility index (Phi) is 1.62. The van der Waals surface area contributed by atoms with Gasteiger partial charge in [0.15, 0.2) is 0 Å². The molecule has 0 amide bonds. The first kappa shape index (κ1) is 5.03. The van der Waals surface area contributed by atoms with Gasteiger partial charge in [-0.05, 0) is 0 Å². The minimum absolute atomic E-state index is 0.466. The largest absolute Gasteiger partial charge is 0.206 e. The van der Waals surface area contributed by atoms with Crippen LogP contribution in [0.2, 0.25) is 0 Å². The second-order valence-corrected chi connectivity index (χ2v) is 1.74. The summed E-state index contributed by atoms with van der Waals surface area (Å²) in [4.78, 5) is 8.92. The van der Waals surface area contributed by atoms with Gasteiger partial charge >= 0.3 is 0 Å². The van der Waals surface area contributed by atoms with Crippen molar-refractivity contribution in [1.29, 1.82) is 0 Å². The highest BCUT2D eigenvalue weighted by molar-refractivity contribution is 4.45.